The third-order valence-corrected chi connectivity index (χ3v) is 6.30. The van der Waals surface area contributed by atoms with E-state index < -0.39 is 0 Å². The first kappa shape index (κ1) is 22.6. The first-order chi connectivity index (χ1) is 16.8. The molecule has 4 aromatic rings. The highest BCUT2D eigenvalue weighted by Gasteiger charge is 2.37. The van der Waals surface area contributed by atoms with Crippen molar-refractivity contribution in [2.75, 3.05) is 18.8 Å². The monoisotopic (exact) mass is 468 g/mol. The number of nitrogens with zero attached hydrogens (tertiary/aromatic N) is 5. The van der Waals surface area contributed by atoms with Crippen LogP contribution in [0.2, 0.25) is 0 Å². The minimum Gasteiger partial charge on any atom is -0.457 e. The Bertz CT molecular complexity index is 1380. The number of anilines is 1. The van der Waals surface area contributed by atoms with Gasteiger partial charge in [0.25, 0.3) is 0 Å². The standard InChI is InChI=1S/C27H28N6O2/c1-4-22(34)32-15-19(14-27(2,3)16-32)33-26-23(25(28)29-17-30-26)24(31-33)18-10-12-21(13-11-18)35-20-8-6-5-7-9-20/h4-13,17,19H,1,14-16H2,2-3H3,(H2,28,29,30)/t19-/m1/s1. The van der Waals surface area contributed by atoms with E-state index in [2.05, 4.69) is 30.4 Å². The van der Waals surface area contributed by atoms with Gasteiger partial charge in [0.2, 0.25) is 5.91 Å². The molecule has 8 nitrogen and oxygen atoms in total. The molecule has 0 radical (unpaired) electrons. The van der Waals surface area contributed by atoms with E-state index in [0.717, 1.165) is 23.5 Å². The van der Waals surface area contributed by atoms with Crippen molar-refractivity contribution in [3.63, 3.8) is 0 Å². The number of amides is 1. The van der Waals surface area contributed by atoms with Crippen LogP contribution in [0.15, 0.2) is 73.6 Å². The zero-order valence-corrected chi connectivity index (χ0v) is 19.9. The molecule has 2 aromatic heterocycles. The van der Waals surface area contributed by atoms with Crippen molar-refractivity contribution >= 4 is 22.8 Å². The Labute approximate surface area is 204 Å². The van der Waals surface area contributed by atoms with Gasteiger partial charge in [-0.1, -0.05) is 38.6 Å². The SMILES string of the molecule is C=CC(=O)N1C[C@H](n2nc(-c3ccc(Oc4ccccc4)cc3)c3c(N)ncnc32)CC(C)(C)C1. The maximum absolute atomic E-state index is 12.5. The van der Waals surface area contributed by atoms with Gasteiger partial charge in [-0.3, -0.25) is 4.79 Å². The van der Waals surface area contributed by atoms with Crippen LogP contribution in [0.3, 0.4) is 0 Å². The number of fused-ring (bicyclic) bond motifs is 1. The molecule has 1 aliphatic heterocycles. The van der Waals surface area contributed by atoms with Gasteiger partial charge in [-0.15, -0.1) is 0 Å². The van der Waals surface area contributed by atoms with Crippen LogP contribution >= 0.6 is 0 Å². The molecule has 1 fully saturated rings. The van der Waals surface area contributed by atoms with Crippen molar-refractivity contribution in [3.05, 3.63) is 73.6 Å². The largest absolute Gasteiger partial charge is 0.457 e. The minimum atomic E-state index is -0.0883. The number of rotatable bonds is 5. The van der Waals surface area contributed by atoms with Crippen LogP contribution in [0.5, 0.6) is 11.5 Å². The third-order valence-electron chi connectivity index (χ3n) is 6.30. The topological polar surface area (TPSA) is 99.2 Å². The number of aromatic nitrogens is 4. The van der Waals surface area contributed by atoms with Crippen LogP contribution in [0.25, 0.3) is 22.3 Å². The van der Waals surface area contributed by atoms with Crippen LogP contribution in [-0.2, 0) is 4.79 Å². The molecule has 35 heavy (non-hydrogen) atoms. The highest BCUT2D eigenvalue weighted by atomic mass is 16.5. The zero-order chi connectivity index (χ0) is 24.6. The predicted octanol–water partition coefficient (Wildman–Crippen LogP) is 4.85. The Kier molecular flexibility index (Phi) is 5.72. The van der Waals surface area contributed by atoms with Gasteiger partial charge in [-0.05, 0) is 54.3 Å². The summed E-state index contributed by atoms with van der Waals surface area (Å²) in [5, 5.41) is 5.68. The van der Waals surface area contributed by atoms with Crippen LogP contribution < -0.4 is 10.5 Å². The molecular weight excluding hydrogens is 440 g/mol. The van der Waals surface area contributed by atoms with Gasteiger partial charge in [0.15, 0.2) is 5.65 Å². The smallest absolute Gasteiger partial charge is 0.246 e. The van der Waals surface area contributed by atoms with Crippen LogP contribution in [0, 0.1) is 5.41 Å². The van der Waals surface area contributed by atoms with E-state index in [4.69, 9.17) is 15.6 Å². The van der Waals surface area contributed by atoms with Crippen LogP contribution in [0.4, 0.5) is 5.82 Å². The summed E-state index contributed by atoms with van der Waals surface area (Å²) in [5.74, 6) is 1.78. The van der Waals surface area contributed by atoms with Gasteiger partial charge in [0.1, 0.15) is 29.3 Å². The van der Waals surface area contributed by atoms with Crippen molar-refractivity contribution in [2.45, 2.75) is 26.3 Å². The Morgan fingerprint density at radius 2 is 1.83 bits per heavy atom. The average molecular weight is 469 g/mol. The second kappa shape index (κ2) is 8.87. The molecule has 5 rings (SSSR count). The highest BCUT2D eigenvalue weighted by molar-refractivity contribution is 5.98. The molecule has 0 unspecified atom stereocenters. The lowest BCUT2D eigenvalue weighted by atomic mass is 9.81. The summed E-state index contributed by atoms with van der Waals surface area (Å²) < 4.78 is 7.83. The van der Waals surface area contributed by atoms with Gasteiger partial charge in [0, 0.05) is 18.7 Å². The van der Waals surface area contributed by atoms with Crippen LogP contribution in [-0.4, -0.2) is 43.6 Å². The quantitative estimate of drug-likeness (QED) is 0.420. The maximum atomic E-state index is 12.5. The van der Waals surface area contributed by atoms with Crippen molar-refractivity contribution in [1.82, 2.24) is 24.6 Å². The number of likely N-dealkylation sites (tertiary alicyclic amines) is 1. The second-order valence-electron chi connectivity index (χ2n) is 9.64. The third kappa shape index (κ3) is 4.47. The first-order valence-corrected chi connectivity index (χ1v) is 11.6. The Hall–Kier alpha value is -4.20. The number of hydrogen-bond acceptors (Lipinski definition) is 6. The van der Waals surface area contributed by atoms with E-state index in [0.29, 0.717) is 35.6 Å². The molecular formula is C27H28N6O2. The van der Waals surface area contributed by atoms with E-state index in [1.807, 2.05) is 64.2 Å². The average Bonchev–Trinajstić information content (AvgIpc) is 3.25. The number of hydrogen-bond donors (Lipinski definition) is 1. The van der Waals surface area contributed by atoms with E-state index in [9.17, 15) is 4.79 Å². The molecule has 1 saturated heterocycles. The fraction of sp³-hybridized carbons (Fsp3) is 0.259. The minimum absolute atomic E-state index is 0.0612. The van der Waals surface area contributed by atoms with E-state index >= 15 is 0 Å². The Morgan fingerprint density at radius 3 is 2.54 bits per heavy atom. The Balaban J connectivity index is 1.53. The fourth-order valence-corrected chi connectivity index (χ4v) is 4.82. The summed E-state index contributed by atoms with van der Waals surface area (Å²) in [6.07, 6.45) is 3.67. The lowest BCUT2D eigenvalue weighted by Gasteiger charge is -2.42. The number of benzene rings is 2. The summed E-state index contributed by atoms with van der Waals surface area (Å²) in [6.45, 7) is 9.17. The number of nitrogen functional groups attached to an aromatic ring is 1. The van der Waals surface area contributed by atoms with E-state index in [1.54, 1.807) is 0 Å². The Morgan fingerprint density at radius 1 is 1.11 bits per heavy atom. The summed E-state index contributed by atoms with van der Waals surface area (Å²) in [4.78, 5) is 23.0. The lowest BCUT2D eigenvalue weighted by molar-refractivity contribution is -0.130. The molecule has 2 aromatic carbocycles. The number of para-hydroxylation sites is 1. The summed E-state index contributed by atoms with van der Waals surface area (Å²) >= 11 is 0. The number of carbonyl (C=O) groups excluding carboxylic acids is 1. The summed E-state index contributed by atoms with van der Waals surface area (Å²) in [6, 6.07) is 17.3. The number of ether oxygens (including phenoxy) is 1. The fourth-order valence-electron chi connectivity index (χ4n) is 4.82. The first-order valence-electron chi connectivity index (χ1n) is 11.6. The molecule has 0 bridgehead atoms. The van der Waals surface area contributed by atoms with Gasteiger partial charge in [-0.2, -0.15) is 5.10 Å². The maximum Gasteiger partial charge on any atom is 0.246 e. The van der Waals surface area contributed by atoms with Crippen LogP contribution in [0.1, 0.15) is 26.3 Å². The van der Waals surface area contributed by atoms with E-state index in [1.165, 1.54) is 12.4 Å². The second-order valence-corrected chi connectivity index (χ2v) is 9.64. The molecule has 0 saturated carbocycles. The van der Waals surface area contributed by atoms with Gasteiger partial charge < -0.3 is 15.4 Å². The molecule has 8 heteroatoms. The van der Waals surface area contributed by atoms with Gasteiger partial charge in [0.05, 0.1) is 11.4 Å². The van der Waals surface area contributed by atoms with Crippen molar-refractivity contribution in [2.24, 2.45) is 5.41 Å². The molecule has 0 spiro atoms. The van der Waals surface area contributed by atoms with E-state index in [-0.39, 0.29) is 17.4 Å². The highest BCUT2D eigenvalue weighted by Crippen LogP contribution is 2.39. The molecule has 1 aliphatic rings. The normalized spacial score (nSPS) is 17.3. The van der Waals surface area contributed by atoms with Crippen molar-refractivity contribution < 1.29 is 9.53 Å². The van der Waals surface area contributed by atoms with Crippen molar-refractivity contribution in [1.29, 1.82) is 0 Å². The van der Waals surface area contributed by atoms with Gasteiger partial charge in [-0.25, -0.2) is 14.6 Å². The zero-order valence-electron chi connectivity index (χ0n) is 19.9. The molecule has 3 heterocycles. The molecule has 2 N–H and O–H groups in total. The molecule has 178 valence electrons. The number of carbonyl (C=O) groups is 1. The van der Waals surface area contributed by atoms with Crippen molar-refractivity contribution in [3.8, 4) is 22.8 Å². The predicted molar refractivity (Wildman–Crippen MR) is 136 cm³/mol. The number of nitrogens with two attached hydrogens (primary N) is 1. The molecule has 0 aliphatic carbocycles. The summed E-state index contributed by atoms with van der Waals surface area (Å²) in [5.41, 5.74) is 8.47. The molecule has 1 amide bonds. The number of piperidine rings is 1. The lowest BCUT2D eigenvalue weighted by Crippen LogP contribution is -2.47. The van der Waals surface area contributed by atoms with Gasteiger partial charge >= 0.3 is 0 Å². The summed E-state index contributed by atoms with van der Waals surface area (Å²) in [7, 11) is 0. The molecule has 1 atom stereocenters.